The number of pyridine rings is 1. The smallest absolute Gasteiger partial charge is 0.254 e. The third-order valence-electron chi connectivity index (χ3n) is 3.33. The molecule has 0 fully saturated rings. The van der Waals surface area contributed by atoms with E-state index in [1.807, 2.05) is 36.4 Å². The standard InChI is InChI=1S/C18H14BrNO2/c19-16-7-3-13(4-8-16)14-5-9-17(10-6-14)22-12-15-2-1-11-20-18(15)21/h1-11H,12H2,(H,20,21). The highest BCUT2D eigenvalue weighted by Crippen LogP contribution is 2.24. The molecule has 4 heteroatoms. The second-order valence-electron chi connectivity index (χ2n) is 4.84. The third kappa shape index (κ3) is 3.46. The summed E-state index contributed by atoms with van der Waals surface area (Å²) in [4.78, 5) is 14.2. The second-order valence-corrected chi connectivity index (χ2v) is 5.76. The number of rotatable bonds is 4. The Morgan fingerprint density at radius 1 is 0.909 bits per heavy atom. The fourth-order valence-electron chi connectivity index (χ4n) is 2.12. The number of aromatic nitrogens is 1. The lowest BCUT2D eigenvalue weighted by Crippen LogP contribution is -2.13. The molecule has 3 aromatic rings. The van der Waals surface area contributed by atoms with E-state index in [2.05, 4.69) is 33.0 Å². The maximum absolute atomic E-state index is 11.6. The van der Waals surface area contributed by atoms with Crippen LogP contribution in [0.25, 0.3) is 11.1 Å². The van der Waals surface area contributed by atoms with Crippen LogP contribution in [0.15, 0.2) is 76.1 Å². The number of halogens is 1. The Morgan fingerprint density at radius 2 is 1.55 bits per heavy atom. The van der Waals surface area contributed by atoms with Crippen molar-refractivity contribution >= 4 is 15.9 Å². The molecule has 0 aliphatic carbocycles. The first kappa shape index (κ1) is 14.6. The van der Waals surface area contributed by atoms with Crippen molar-refractivity contribution in [2.24, 2.45) is 0 Å². The quantitative estimate of drug-likeness (QED) is 0.754. The van der Waals surface area contributed by atoms with Gasteiger partial charge in [0.2, 0.25) is 0 Å². The predicted octanol–water partition coefficient (Wildman–Crippen LogP) is 4.38. The van der Waals surface area contributed by atoms with E-state index >= 15 is 0 Å². The molecular weight excluding hydrogens is 342 g/mol. The minimum absolute atomic E-state index is 0.117. The molecular formula is C18H14BrNO2. The Balaban J connectivity index is 1.70. The van der Waals surface area contributed by atoms with Gasteiger partial charge in [0.05, 0.1) is 5.56 Å². The van der Waals surface area contributed by atoms with Crippen molar-refractivity contribution in [1.29, 1.82) is 0 Å². The summed E-state index contributed by atoms with van der Waals surface area (Å²) in [5.74, 6) is 0.740. The predicted molar refractivity (Wildman–Crippen MR) is 91.0 cm³/mol. The van der Waals surface area contributed by atoms with Crippen molar-refractivity contribution in [3.63, 3.8) is 0 Å². The van der Waals surface area contributed by atoms with Gasteiger partial charge >= 0.3 is 0 Å². The maximum Gasteiger partial charge on any atom is 0.254 e. The van der Waals surface area contributed by atoms with Gasteiger partial charge in [0.1, 0.15) is 12.4 Å². The molecule has 0 spiro atoms. The van der Waals surface area contributed by atoms with Gasteiger partial charge in [-0.2, -0.15) is 0 Å². The van der Waals surface area contributed by atoms with Crippen LogP contribution in [0.1, 0.15) is 5.56 Å². The molecule has 0 aliphatic heterocycles. The van der Waals surface area contributed by atoms with Crippen LogP contribution in [0.2, 0.25) is 0 Å². The summed E-state index contributed by atoms with van der Waals surface area (Å²) in [6, 6.07) is 19.5. The molecule has 1 heterocycles. The molecule has 0 saturated heterocycles. The molecule has 3 rings (SSSR count). The molecule has 1 N–H and O–H groups in total. The molecule has 3 nitrogen and oxygen atoms in total. The summed E-state index contributed by atoms with van der Waals surface area (Å²) in [5, 5.41) is 0. The van der Waals surface area contributed by atoms with Gasteiger partial charge in [0, 0.05) is 10.7 Å². The zero-order chi connectivity index (χ0) is 15.4. The summed E-state index contributed by atoms with van der Waals surface area (Å²) in [7, 11) is 0. The van der Waals surface area contributed by atoms with Crippen LogP contribution in [0.5, 0.6) is 5.75 Å². The molecule has 22 heavy (non-hydrogen) atoms. The van der Waals surface area contributed by atoms with Crippen molar-refractivity contribution in [2.75, 3.05) is 0 Å². The minimum Gasteiger partial charge on any atom is -0.489 e. The highest BCUT2D eigenvalue weighted by Gasteiger charge is 2.01. The van der Waals surface area contributed by atoms with E-state index in [0.29, 0.717) is 5.56 Å². The summed E-state index contributed by atoms with van der Waals surface area (Å²) in [6.45, 7) is 0.258. The van der Waals surface area contributed by atoms with Gasteiger partial charge in [0.15, 0.2) is 0 Å². The lowest BCUT2D eigenvalue weighted by atomic mass is 10.1. The van der Waals surface area contributed by atoms with Crippen LogP contribution in [-0.2, 0) is 6.61 Å². The van der Waals surface area contributed by atoms with Gasteiger partial charge in [-0.05, 0) is 47.5 Å². The van der Waals surface area contributed by atoms with Gasteiger partial charge in [-0.1, -0.05) is 40.2 Å². The SMILES string of the molecule is O=c1[nH]cccc1COc1ccc(-c2ccc(Br)cc2)cc1. The van der Waals surface area contributed by atoms with Crippen LogP contribution in [0.4, 0.5) is 0 Å². The van der Waals surface area contributed by atoms with Gasteiger partial charge in [0.25, 0.3) is 5.56 Å². The summed E-state index contributed by atoms with van der Waals surface area (Å²) >= 11 is 3.43. The van der Waals surface area contributed by atoms with Crippen LogP contribution >= 0.6 is 15.9 Å². The zero-order valence-corrected chi connectivity index (χ0v) is 13.3. The molecule has 0 saturated carbocycles. The van der Waals surface area contributed by atoms with Crippen LogP contribution in [-0.4, -0.2) is 4.98 Å². The lowest BCUT2D eigenvalue weighted by molar-refractivity contribution is 0.304. The maximum atomic E-state index is 11.6. The van der Waals surface area contributed by atoms with Crippen LogP contribution < -0.4 is 10.3 Å². The summed E-state index contributed by atoms with van der Waals surface area (Å²) < 4.78 is 6.71. The molecule has 2 aromatic carbocycles. The highest BCUT2D eigenvalue weighted by atomic mass is 79.9. The topological polar surface area (TPSA) is 42.1 Å². The molecule has 110 valence electrons. The normalized spacial score (nSPS) is 10.4. The fourth-order valence-corrected chi connectivity index (χ4v) is 2.38. The van der Waals surface area contributed by atoms with E-state index in [0.717, 1.165) is 21.3 Å². The van der Waals surface area contributed by atoms with Gasteiger partial charge < -0.3 is 9.72 Å². The lowest BCUT2D eigenvalue weighted by Gasteiger charge is -2.07. The van der Waals surface area contributed by atoms with Gasteiger partial charge in [-0.25, -0.2) is 0 Å². The van der Waals surface area contributed by atoms with Gasteiger partial charge in [-0.15, -0.1) is 0 Å². The number of ether oxygens (including phenoxy) is 1. The number of nitrogens with one attached hydrogen (secondary N) is 1. The minimum atomic E-state index is -0.117. The van der Waals surface area contributed by atoms with E-state index in [1.54, 1.807) is 18.3 Å². The molecule has 0 aliphatic rings. The summed E-state index contributed by atoms with van der Waals surface area (Å²) in [6.07, 6.45) is 1.61. The molecule has 1 aromatic heterocycles. The monoisotopic (exact) mass is 355 g/mol. The molecule has 0 unspecified atom stereocenters. The van der Waals surface area contributed by atoms with Crippen molar-refractivity contribution in [2.45, 2.75) is 6.61 Å². The molecule has 0 bridgehead atoms. The Morgan fingerprint density at radius 3 is 2.18 bits per heavy atom. The third-order valence-corrected chi connectivity index (χ3v) is 3.85. The highest BCUT2D eigenvalue weighted by molar-refractivity contribution is 9.10. The van der Waals surface area contributed by atoms with Crippen LogP contribution in [0.3, 0.4) is 0 Å². The van der Waals surface area contributed by atoms with E-state index in [9.17, 15) is 4.79 Å². The zero-order valence-electron chi connectivity index (χ0n) is 11.8. The molecule has 0 atom stereocenters. The Kier molecular flexibility index (Phi) is 4.39. The summed E-state index contributed by atoms with van der Waals surface area (Å²) in [5.41, 5.74) is 2.76. The van der Waals surface area contributed by atoms with E-state index in [-0.39, 0.29) is 12.2 Å². The first-order valence-electron chi connectivity index (χ1n) is 6.88. The average molecular weight is 356 g/mol. The van der Waals surface area contributed by atoms with Crippen LogP contribution in [0, 0.1) is 0 Å². The first-order chi connectivity index (χ1) is 10.7. The van der Waals surface area contributed by atoms with Gasteiger partial charge in [-0.3, -0.25) is 4.79 Å². The molecule has 0 amide bonds. The first-order valence-corrected chi connectivity index (χ1v) is 7.67. The Labute approximate surface area is 136 Å². The Bertz CT molecular complexity index is 807. The molecule has 0 radical (unpaired) electrons. The van der Waals surface area contributed by atoms with Crippen molar-refractivity contribution < 1.29 is 4.74 Å². The average Bonchev–Trinajstić information content (AvgIpc) is 2.55. The number of H-pyrrole nitrogens is 1. The van der Waals surface area contributed by atoms with Crippen molar-refractivity contribution in [3.05, 3.63) is 87.3 Å². The second kappa shape index (κ2) is 6.62. The van der Waals surface area contributed by atoms with Crippen molar-refractivity contribution in [3.8, 4) is 16.9 Å². The van der Waals surface area contributed by atoms with Crippen molar-refractivity contribution in [1.82, 2.24) is 4.98 Å². The van der Waals surface area contributed by atoms with E-state index < -0.39 is 0 Å². The number of benzene rings is 2. The number of hydrogen-bond donors (Lipinski definition) is 1. The van der Waals surface area contributed by atoms with E-state index in [4.69, 9.17) is 4.74 Å². The Hall–Kier alpha value is -2.33. The number of hydrogen-bond acceptors (Lipinski definition) is 2. The van der Waals surface area contributed by atoms with E-state index in [1.165, 1.54) is 0 Å². The number of aromatic amines is 1. The fraction of sp³-hybridized carbons (Fsp3) is 0.0556. The largest absolute Gasteiger partial charge is 0.489 e.